The van der Waals surface area contributed by atoms with Crippen LogP contribution in [0.2, 0.25) is 0 Å². The van der Waals surface area contributed by atoms with Gasteiger partial charge in [-0.3, -0.25) is 0 Å². The fraction of sp³-hybridized carbons (Fsp3) is 0.524. The maximum absolute atomic E-state index is 10.0. The van der Waals surface area contributed by atoms with Crippen molar-refractivity contribution in [1.82, 2.24) is 0 Å². The van der Waals surface area contributed by atoms with Gasteiger partial charge in [0.25, 0.3) is 0 Å². The molecule has 0 aromatic heterocycles. The van der Waals surface area contributed by atoms with Gasteiger partial charge >= 0.3 is 0 Å². The van der Waals surface area contributed by atoms with Crippen molar-refractivity contribution in [3.63, 3.8) is 0 Å². The van der Waals surface area contributed by atoms with E-state index >= 15 is 0 Å². The number of allylic oxidation sites excluding steroid dienone is 3. The molecule has 0 amide bonds. The van der Waals surface area contributed by atoms with Crippen LogP contribution in [-0.2, 0) is 9.47 Å². The van der Waals surface area contributed by atoms with Crippen LogP contribution in [0.4, 0.5) is 0 Å². The first-order valence-electron chi connectivity index (χ1n) is 8.86. The Bertz CT molecular complexity index is 623. The van der Waals surface area contributed by atoms with Gasteiger partial charge in [-0.15, -0.1) is 0 Å². The Labute approximate surface area is 145 Å². The van der Waals surface area contributed by atoms with Crippen molar-refractivity contribution in [1.29, 1.82) is 0 Å². The summed E-state index contributed by atoms with van der Waals surface area (Å²) in [4.78, 5) is 0. The molecule has 0 spiro atoms. The predicted octanol–water partition coefficient (Wildman–Crippen LogP) is 4.57. The number of aliphatic hydroxyl groups excluding tert-OH is 1. The first-order chi connectivity index (χ1) is 11.4. The fourth-order valence-corrected chi connectivity index (χ4v) is 3.79. The Balaban J connectivity index is 1.85. The highest BCUT2D eigenvalue weighted by Crippen LogP contribution is 2.36. The van der Waals surface area contributed by atoms with E-state index < -0.39 is 6.29 Å². The van der Waals surface area contributed by atoms with E-state index in [1.807, 2.05) is 0 Å². The van der Waals surface area contributed by atoms with Crippen molar-refractivity contribution >= 4 is 0 Å². The standard InChI is InChI=1S/C21H28O3/c1-13-6-5-7-17-12-18(23-16(17)4)10-14(2)11-20-19(9-8-13)15(3)21(22)24-20/h6,11-12,18-22H,3-5,7-10H2,1-2H3/b13-6+,14-11+. The SMILES string of the molecule is C=C1OC2C=C1CC/C=C(\C)CCC1C(=C)C(O)OC1/C=C(\C)C2. The third-order valence-corrected chi connectivity index (χ3v) is 5.24. The van der Waals surface area contributed by atoms with Crippen LogP contribution in [0.1, 0.15) is 46.0 Å². The normalized spacial score (nSPS) is 39.0. The molecule has 2 bridgehead atoms. The molecule has 1 N–H and O–H groups in total. The summed E-state index contributed by atoms with van der Waals surface area (Å²) in [5, 5.41) is 10.0. The van der Waals surface area contributed by atoms with Crippen LogP contribution in [0.25, 0.3) is 0 Å². The minimum absolute atomic E-state index is 0.0599. The number of hydrogen-bond donors (Lipinski definition) is 1. The molecule has 4 atom stereocenters. The van der Waals surface area contributed by atoms with Gasteiger partial charge in [-0.05, 0) is 56.8 Å². The minimum Gasteiger partial charge on any atom is -0.486 e. The molecule has 24 heavy (non-hydrogen) atoms. The van der Waals surface area contributed by atoms with Crippen LogP contribution in [0.15, 0.2) is 59.4 Å². The summed E-state index contributed by atoms with van der Waals surface area (Å²) in [6.07, 6.45) is 10.5. The van der Waals surface area contributed by atoms with Crippen LogP contribution in [-0.4, -0.2) is 23.6 Å². The second kappa shape index (κ2) is 7.12. The Morgan fingerprint density at radius 1 is 1.12 bits per heavy atom. The number of aliphatic hydroxyl groups is 1. The average Bonchev–Trinajstić information content (AvgIpc) is 2.97. The van der Waals surface area contributed by atoms with E-state index in [0.29, 0.717) is 0 Å². The Morgan fingerprint density at radius 3 is 2.71 bits per heavy atom. The number of ether oxygens (including phenoxy) is 2. The van der Waals surface area contributed by atoms with Crippen LogP contribution in [0, 0.1) is 5.92 Å². The Kier molecular flexibility index (Phi) is 5.12. The summed E-state index contributed by atoms with van der Waals surface area (Å²) < 4.78 is 11.6. The highest BCUT2D eigenvalue weighted by Gasteiger charge is 2.36. The second-order valence-electron chi connectivity index (χ2n) is 7.25. The minimum atomic E-state index is -0.849. The fourth-order valence-electron chi connectivity index (χ4n) is 3.79. The quantitative estimate of drug-likeness (QED) is 0.662. The molecule has 3 rings (SSSR count). The van der Waals surface area contributed by atoms with E-state index in [4.69, 9.17) is 9.47 Å². The molecule has 0 aromatic rings. The van der Waals surface area contributed by atoms with Gasteiger partial charge in [-0.1, -0.05) is 36.5 Å². The molecule has 1 aliphatic carbocycles. The molecule has 1 fully saturated rings. The van der Waals surface area contributed by atoms with Crippen molar-refractivity contribution in [3.05, 3.63) is 59.4 Å². The van der Waals surface area contributed by atoms with E-state index in [-0.39, 0.29) is 18.1 Å². The zero-order chi connectivity index (χ0) is 17.3. The summed E-state index contributed by atoms with van der Waals surface area (Å²) >= 11 is 0. The number of fused-ring (bicyclic) bond motifs is 2. The average molecular weight is 328 g/mol. The summed E-state index contributed by atoms with van der Waals surface area (Å²) in [5.74, 6) is 0.985. The van der Waals surface area contributed by atoms with Gasteiger partial charge in [-0.25, -0.2) is 0 Å². The van der Waals surface area contributed by atoms with E-state index in [9.17, 15) is 5.11 Å². The van der Waals surface area contributed by atoms with Crippen molar-refractivity contribution in [3.8, 4) is 0 Å². The number of rotatable bonds is 0. The summed E-state index contributed by atoms with van der Waals surface area (Å²) in [7, 11) is 0. The lowest BCUT2D eigenvalue weighted by Crippen LogP contribution is -2.15. The van der Waals surface area contributed by atoms with E-state index in [0.717, 1.165) is 43.4 Å². The Hall–Kier alpha value is -1.58. The molecule has 4 unspecified atom stereocenters. The van der Waals surface area contributed by atoms with Crippen molar-refractivity contribution in [2.45, 2.75) is 64.4 Å². The van der Waals surface area contributed by atoms with E-state index in [2.05, 4.69) is 45.2 Å². The highest BCUT2D eigenvalue weighted by molar-refractivity contribution is 5.31. The zero-order valence-corrected chi connectivity index (χ0v) is 14.8. The summed E-state index contributed by atoms with van der Waals surface area (Å²) in [6, 6.07) is 0. The van der Waals surface area contributed by atoms with Crippen LogP contribution in [0.5, 0.6) is 0 Å². The lowest BCUT2D eigenvalue weighted by atomic mass is 9.88. The van der Waals surface area contributed by atoms with E-state index in [1.54, 1.807) is 0 Å². The second-order valence-corrected chi connectivity index (χ2v) is 7.25. The topological polar surface area (TPSA) is 38.7 Å². The molecule has 2 heterocycles. The maximum Gasteiger partial charge on any atom is 0.177 e. The third-order valence-electron chi connectivity index (χ3n) is 5.24. The molecule has 3 aliphatic rings. The molecule has 1 saturated heterocycles. The van der Waals surface area contributed by atoms with Crippen molar-refractivity contribution < 1.29 is 14.6 Å². The van der Waals surface area contributed by atoms with Gasteiger partial charge in [0.05, 0.1) is 6.10 Å². The molecule has 0 aromatic carbocycles. The van der Waals surface area contributed by atoms with Crippen molar-refractivity contribution in [2.24, 2.45) is 5.92 Å². The van der Waals surface area contributed by atoms with Crippen LogP contribution < -0.4 is 0 Å². The van der Waals surface area contributed by atoms with Gasteiger partial charge in [0.1, 0.15) is 11.9 Å². The smallest absolute Gasteiger partial charge is 0.177 e. The van der Waals surface area contributed by atoms with Gasteiger partial charge in [0.2, 0.25) is 0 Å². The lowest BCUT2D eigenvalue weighted by molar-refractivity contribution is -0.0650. The van der Waals surface area contributed by atoms with Gasteiger partial charge in [0.15, 0.2) is 6.29 Å². The van der Waals surface area contributed by atoms with Gasteiger partial charge in [0, 0.05) is 12.3 Å². The molecular formula is C21H28O3. The lowest BCUT2D eigenvalue weighted by Gasteiger charge is -2.17. The van der Waals surface area contributed by atoms with E-state index in [1.165, 1.54) is 16.7 Å². The highest BCUT2D eigenvalue weighted by atomic mass is 16.6. The monoisotopic (exact) mass is 328 g/mol. The molecule has 130 valence electrons. The first kappa shape index (κ1) is 17.2. The molecular weight excluding hydrogens is 300 g/mol. The predicted molar refractivity (Wildman–Crippen MR) is 96.2 cm³/mol. The molecule has 0 saturated carbocycles. The van der Waals surface area contributed by atoms with Crippen LogP contribution >= 0.6 is 0 Å². The molecule has 2 aliphatic heterocycles. The zero-order valence-electron chi connectivity index (χ0n) is 14.8. The third kappa shape index (κ3) is 3.73. The largest absolute Gasteiger partial charge is 0.486 e. The molecule has 3 nitrogen and oxygen atoms in total. The van der Waals surface area contributed by atoms with Crippen molar-refractivity contribution in [2.75, 3.05) is 0 Å². The summed E-state index contributed by atoms with van der Waals surface area (Å²) in [6.45, 7) is 12.4. The number of hydrogen-bond acceptors (Lipinski definition) is 3. The van der Waals surface area contributed by atoms with Crippen LogP contribution in [0.3, 0.4) is 0 Å². The molecule has 3 heteroatoms. The summed E-state index contributed by atoms with van der Waals surface area (Å²) in [5.41, 5.74) is 4.62. The first-order valence-corrected chi connectivity index (χ1v) is 8.86. The van der Waals surface area contributed by atoms with Gasteiger partial charge in [-0.2, -0.15) is 0 Å². The maximum atomic E-state index is 10.0. The Morgan fingerprint density at radius 2 is 1.92 bits per heavy atom. The van der Waals surface area contributed by atoms with Gasteiger partial charge < -0.3 is 14.6 Å². The molecule has 0 radical (unpaired) electrons.